The van der Waals surface area contributed by atoms with Crippen LogP contribution in [0.15, 0.2) is 41.3 Å². The number of benzene rings is 2. The van der Waals surface area contributed by atoms with E-state index in [1.807, 2.05) is 26.0 Å². The Morgan fingerprint density at radius 3 is 2.24 bits per heavy atom. The van der Waals surface area contributed by atoms with Crippen LogP contribution >= 0.6 is 23.2 Å². The van der Waals surface area contributed by atoms with Gasteiger partial charge in [-0.3, -0.25) is 4.31 Å². The van der Waals surface area contributed by atoms with Gasteiger partial charge in [0.2, 0.25) is 0 Å². The van der Waals surface area contributed by atoms with E-state index in [-0.39, 0.29) is 9.92 Å². The third-order valence-corrected chi connectivity index (χ3v) is 5.89. The quantitative estimate of drug-likeness (QED) is 0.826. The molecule has 0 saturated carbocycles. The Labute approximate surface area is 135 Å². The van der Waals surface area contributed by atoms with Crippen molar-refractivity contribution in [1.29, 1.82) is 0 Å². The van der Waals surface area contributed by atoms with Gasteiger partial charge in [0.25, 0.3) is 10.0 Å². The van der Waals surface area contributed by atoms with E-state index < -0.39 is 10.0 Å². The Morgan fingerprint density at radius 2 is 1.62 bits per heavy atom. The first kappa shape index (κ1) is 16.1. The molecule has 2 aromatic carbocycles. The van der Waals surface area contributed by atoms with Crippen LogP contribution in [-0.2, 0) is 10.0 Å². The summed E-state index contributed by atoms with van der Waals surface area (Å²) in [5.74, 6) is 0. The van der Waals surface area contributed by atoms with Crippen LogP contribution in [0.3, 0.4) is 0 Å². The molecule has 0 aliphatic heterocycles. The van der Waals surface area contributed by atoms with Crippen molar-refractivity contribution in [1.82, 2.24) is 0 Å². The third-order valence-electron chi connectivity index (χ3n) is 3.39. The molecule has 6 heteroatoms. The molecule has 0 aliphatic rings. The summed E-state index contributed by atoms with van der Waals surface area (Å²) in [5, 5.41) is 0.474. The molecular weight excluding hydrogens is 329 g/mol. The standard InChI is InChI=1S/C15H15Cl2NO2S/c1-10-4-6-13(8-11(10)2)18(3)21(19,20)15-9-12(16)5-7-14(15)17/h4-9H,1-3H3. The van der Waals surface area contributed by atoms with Crippen LogP contribution in [0.2, 0.25) is 10.0 Å². The maximum absolute atomic E-state index is 12.7. The molecular formula is C15H15Cl2NO2S. The normalized spacial score (nSPS) is 11.5. The van der Waals surface area contributed by atoms with E-state index in [4.69, 9.17) is 23.2 Å². The number of aryl methyl sites for hydroxylation is 2. The first-order chi connectivity index (χ1) is 9.73. The largest absolute Gasteiger partial charge is 0.269 e. The molecule has 0 heterocycles. The number of sulfonamides is 1. The van der Waals surface area contributed by atoms with E-state index >= 15 is 0 Å². The summed E-state index contributed by atoms with van der Waals surface area (Å²) in [6.07, 6.45) is 0. The highest BCUT2D eigenvalue weighted by Gasteiger charge is 2.24. The Morgan fingerprint density at radius 1 is 0.952 bits per heavy atom. The zero-order valence-electron chi connectivity index (χ0n) is 11.9. The molecule has 2 rings (SSSR count). The lowest BCUT2D eigenvalue weighted by Crippen LogP contribution is -2.27. The molecule has 2 aromatic rings. The molecule has 112 valence electrons. The van der Waals surface area contributed by atoms with Gasteiger partial charge < -0.3 is 0 Å². The third kappa shape index (κ3) is 3.18. The molecule has 3 nitrogen and oxygen atoms in total. The molecule has 0 spiro atoms. The van der Waals surface area contributed by atoms with Crippen LogP contribution in [0.1, 0.15) is 11.1 Å². The van der Waals surface area contributed by atoms with Crippen molar-refractivity contribution in [3.8, 4) is 0 Å². The van der Waals surface area contributed by atoms with Gasteiger partial charge in [-0.15, -0.1) is 0 Å². The molecule has 0 radical (unpaired) electrons. The highest BCUT2D eigenvalue weighted by Crippen LogP contribution is 2.30. The summed E-state index contributed by atoms with van der Waals surface area (Å²) in [4.78, 5) is -0.00241. The van der Waals surface area contributed by atoms with Crippen LogP contribution in [0.25, 0.3) is 0 Å². The van der Waals surface area contributed by atoms with Crippen LogP contribution in [0.4, 0.5) is 5.69 Å². The maximum atomic E-state index is 12.7. The molecule has 0 atom stereocenters. The predicted molar refractivity (Wildman–Crippen MR) is 88.0 cm³/mol. The lowest BCUT2D eigenvalue weighted by atomic mass is 10.1. The van der Waals surface area contributed by atoms with Crippen LogP contribution in [0, 0.1) is 13.8 Å². The van der Waals surface area contributed by atoms with E-state index in [0.717, 1.165) is 11.1 Å². The van der Waals surface area contributed by atoms with E-state index in [2.05, 4.69) is 0 Å². The van der Waals surface area contributed by atoms with Crippen molar-refractivity contribution in [2.75, 3.05) is 11.4 Å². The first-order valence-electron chi connectivity index (χ1n) is 6.24. The minimum Gasteiger partial charge on any atom is -0.269 e. The van der Waals surface area contributed by atoms with E-state index in [9.17, 15) is 8.42 Å². The fraction of sp³-hybridized carbons (Fsp3) is 0.200. The van der Waals surface area contributed by atoms with E-state index in [1.165, 1.54) is 23.5 Å². The zero-order valence-corrected chi connectivity index (χ0v) is 14.2. The predicted octanol–water partition coefficient (Wildman–Crippen LogP) is 4.44. The topological polar surface area (TPSA) is 37.4 Å². The average molecular weight is 344 g/mol. The number of halogens is 2. The van der Waals surface area contributed by atoms with Gasteiger partial charge in [-0.05, 0) is 55.3 Å². The zero-order chi connectivity index (χ0) is 15.8. The van der Waals surface area contributed by atoms with Crippen LogP contribution in [0.5, 0.6) is 0 Å². The Hall–Kier alpha value is -1.23. The van der Waals surface area contributed by atoms with Crippen molar-refractivity contribution in [3.63, 3.8) is 0 Å². The van der Waals surface area contributed by atoms with Crippen molar-refractivity contribution >= 4 is 38.9 Å². The molecule has 0 saturated heterocycles. The Bertz CT molecular complexity index is 788. The lowest BCUT2D eigenvalue weighted by molar-refractivity contribution is 0.594. The second kappa shape index (κ2) is 5.87. The van der Waals surface area contributed by atoms with Crippen molar-refractivity contribution in [3.05, 3.63) is 57.6 Å². The minimum absolute atomic E-state index is 0.00241. The second-order valence-corrected chi connectivity index (χ2v) is 7.60. The van der Waals surface area contributed by atoms with Gasteiger partial charge in [0.05, 0.1) is 10.7 Å². The van der Waals surface area contributed by atoms with Crippen molar-refractivity contribution < 1.29 is 8.42 Å². The molecule has 0 aliphatic carbocycles. The molecule has 0 bridgehead atoms. The van der Waals surface area contributed by atoms with Gasteiger partial charge >= 0.3 is 0 Å². The summed E-state index contributed by atoms with van der Waals surface area (Å²) in [6, 6.07) is 9.86. The van der Waals surface area contributed by atoms with E-state index in [1.54, 1.807) is 12.1 Å². The van der Waals surface area contributed by atoms with Gasteiger partial charge in [-0.25, -0.2) is 8.42 Å². The number of anilines is 1. The number of hydrogen-bond donors (Lipinski definition) is 0. The molecule has 0 amide bonds. The Balaban J connectivity index is 2.52. The Kier molecular flexibility index (Phi) is 4.51. The average Bonchev–Trinajstić information content (AvgIpc) is 2.43. The first-order valence-corrected chi connectivity index (χ1v) is 8.44. The number of hydrogen-bond acceptors (Lipinski definition) is 2. The lowest BCUT2D eigenvalue weighted by Gasteiger charge is -2.21. The molecule has 21 heavy (non-hydrogen) atoms. The van der Waals surface area contributed by atoms with E-state index in [0.29, 0.717) is 10.7 Å². The van der Waals surface area contributed by atoms with Gasteiger partial charge in [0, 0.05) is 12.1 Å². The van der Waals surface area contributed by atoms with Crippen molar-refractivity contribution in [2.24, 2.45) is 0 Å². The van der Waals surface area contributed by atoms with Crippen molar-refractivity contribution in [2.45, 2.75) is 18.7 Å². The smallest absolute Gasteiger partial charge is 0.265 e. The van der Waals surface area contributed by atoms with Gasteiger partial charge in [-0.2, -0.15) is 0 Å². The fourth-order valence-electron chi connectivity index (χ4n) is 1.88. The second-order valence-electron chi connectivity index (χ2n) is 4.82. The minimum atomic E-state index is -3.76. The molecule has 0 fully saturated rings. The summed E-state index contributed by atoms with van der Waals surface area (Å²) in [7, 11) is -2.26. The molecule has 0 unspecified atom stereocenters. The molecule has 0 aromatic heterocycles. The maximum Gasteiger partial charge on any atom is 0.265 e. The fourth-order valence-corrected chi connectivity index (χ4v) is 3.81. The van der Waals surface area contributed by atoms with Gasteiger partial charge in [0.1, 0.15) is 4.90 Å². The summed E-state index contributed by atoms with van der Waals surface area (Å²) >= 11 is 11.9. The SMILES string of the molecule is Cc1ccc(N(C)S(=O)(=O)c2cc(Cl)ccc2Cl)cc1C. The summed E-state index contributed by atoms with van der Waals surface area (Å²) in [5.41, 5.74) is 2.70. The van der Waals surface area contributed by atoms with Gasteiger partial charge in [0.15, 0.2) is 0 Å². The van der Waals surface area contributed by atoms with Crippen LogP contribution in [-0.4, -0.2) is 15.5 Å². The van der Waals surface area contributed by atoms with Crippen LogP contribution < -0.4 is 4.31 Å². The highest BCUT2D eigenvalue weighted by molar-refractivity contribution is 7.93. The highest BCUT2D eigenvalue weighted by atomic mass is 35.5. The molecule has 0 N–H and O–H groups in total. The van der Waals surface area contributed by atoms with Gasteiger partial charge in [-0.1, -0.05) is 29.3 Å². The monoisotopic (exact) mass is 343 g/mol. The summed E-state index contributed by atoms with van der Waals surface area (Å²) < 4.78 is 26.6. The number of nitrogens with zero attached hydrogens (tertiary/aromatic N) is 1. The number of rotatable bonds is 3. The summed E-state index contributed by atoms with van der Waals surface area (Å²) in [6.45, 7) is 3.91.